The third-order valence-corrected chi connectivity index (χ3v) is 5.60. The van der Waals surface area contributed by atoms with Gasteiger partial charge >= 0.3 is 0 Å². The summed E-state index contributed by atoms with van der Waals surface area (Å²) in [6.07, 6.45) is 26.7. The number of imidazole rings is 1. The normalized spacial score (nSPS) is 11.3. The van der Waals surface area contributed by atoms with Crippen LogP contribution in [0.2, 0.25) is 0 Å². The smallest absolute Gasteiger partial charge is 0.234 e. The lowest BCUT2D eigenvalue weighted by atomic mass is 10.1. The van der Waals surface area contributed by atoms with Crippen LogP contribution >= 0.6 is 0 Å². The summed E-state index contributed by atoms with van der Waals surface area (Å²) in [5.74, 6) is 1.58. The maximum atomic E-state index is 2.55. The fourth-order valence-electron chi connectivity index (χ4n) is 3.85. The van der Waals surface area contributed by atoms with Gasteiger partial charge in [-0.2, -0.15) is 0 Å². The van der Waals surface area contributed by atoms with E-state index in [1.54, 1.807) is 5.82 Å². The molecule has 0 N–H and O–H groups in total. The fourth-order valence-corrected chi connectivity index (χ4v) is 3.85. The Kier molecular flexibility index (Phi) is 14.7. The van der Waals surface area contributed by atoms with E-state index in [2.05, 4.69) is 42.3 Å². The molecule has 0 aliphatic carbocycles. The Bertz CT molecular complexity index is 394. The van der Waals surface area contributed by atoms with Crippen molar-refractivity contribution in [1.29, 1.82) is 0 Å². The third-order valence-electron chi connectivity index (χ3n) is 5.60. The topological polar surface area (TPSA) is 8.81 Å². The van der Waals surface area contributed by atoms with Gasteiger partial charge in [-0.15, -0.1) is 0 Å². The molecule has 0 saturated heterocycles. The largest absolute Gasteiger partial charge is 0.256 e. The van der Waals surface area contributed by atoms with Gasteiger partial charge in [-0.25, -0.2) is 9.13 Å². The molecule has 0 amide bonds. The monoisotopic (exact) mass is 363 g/mol. The van der Waals surface area contributed by atoms with Gasteiger partial charge in [0.2, 0.25) is 0 Å². The lowest BCUT2D eigenvalue weighted by Crippen LogP contribution is -2.37. The van der Waals surface area contributed by atoms with Crippen molar-refractivity contribution < 1.29 is 4.57 Å². The van der Waals surface area contributed by atoms with E-state index in [9.17, 15) is 0 Å². The third kappa shape index (κ3) is 10.4. The van der Waals surface area contributed by atoms with E-state index in [0.717, 1.165) is 0 Å². The van der Waals surface area contributed by atoms with Gasteiger partial charge < -0.3 is 0 Å². The van der Waals surface area contributed by atoms with Gasteiger partial charge in [-0.1, -0.05) is 85.0 Å². The molecule has 26 heavy (non-hydrogen) atoms. The van der Waals surface area contributed by atoms with Crippen molar-refractivity contribution in [2.45, 2.75) is 137 Å². The van der Waals surface area contributed by atoms with E-state index in [4.69, 9.17) is 0 Å². The number of nitrogens with zero attached hydrogens (tertiary/aromatic N) is 2. The van der Waals surface area contributed by atoms with Gasteiger partial charge in [0.05, 0.1) is 13.1 Å². The average Bonchev–Trinajstić information content (AvgIpc) is 3.03. The number of hydrogen-bond acceptors (Lipinski definition) is 0. The number of rotatable bonds is 18. The zero-order chi connectivity index (χ0) is 18.9. The average molecular weight is 364 g/mol. The van der Waals surface area contributed by atoms with Gasteiger partial charge in [0.15, 0.2) is 0 Å². The summed E-state index contributed by atoms with van der Waals surface area (Å²) in [7, 11) is 0. The maximum Gasteiger partial charge on any atom is 0.256 e. The van der Waals surface area contributed by atoms with Crippen molar-refractivity contribution >= 4 is 0 Å². The van der Waals surface area contributed by atoms with Crippen LogP contribution < -0.4 is 4.57 Å². The molecule has 0 unspecified atom stereocenters. The van der Waals surface area contributed by atoms with Crippen LogP contribution in [0, 0.1) is 0 Å². The van der Waals surface area contributed by atoms with Crippen LogP contribution in [0.25, 0.3) is 0 Å². The lowest BCUT2D eigenvalue weighted by Gasteiger charge is -2.06. The number of aryl methyl sites for hydroxylation is 2. The first kappa shape index (κ1) is 23.2. The minimum absolute atomic E-state index is 1.21. The highest BCUT2D eigenvalue weighted by Gasteiger charge is 2.16. The first-order valence-corrected chi connectivity index (χ1v) is 11.9. The van der Waals surface area contributed by atoms with Crippen LogP contribution in [-0.2, 0) is 19.5 Å². The second kappa shape index (κ2) is 16.4. The van der Waals surface area contributed by atoms with Crippen LogP contribution in [0.5, 0.6) is 0 Å². The van der Waals surface area contributed by atoms with Crippen LogP contribution in [0.4, 0.5) is 0 Å². The number of hydrogen-bond donors (Lipinski definition) is 0. The highest BCUT2D eigenvalue weighted by Crippen LogP contribution is 2.12. The van der Waals surface area contributed by atoms with Crippen LogP contribution in [0.3, 0.4) is 0 Å². The van der Waals surface area contributed by atoms with Gasteiger partial charge in [0, 0.05) is 6.42 Å². The molecule has 0 aliphatic rings. The van der Waals surface area contributed by atoms with Crippen molar-refractivity contribution in [2.24, 2.45) is 0 Å². The Morgan fingerprint density at radius 1 is 0.654 bits per heavy atom. The highest BCUT2D eigenvalue weighted by molar-refractivity contribution is 4.84. The van der Waals surface area contributed by atoms with Crippen molar-refractivity contribution in [3.8, 4) is 0 Å². The summed E-state index contributed by atoms with van der Waals surface area (Å²) >= 11 is 0. The molecule has 0 atom stereocenters. The molecule has 0 fully saturated rings. The predicted octanol–water partition coefficient (Wildman–Crippen LogP) is 7.23. The summed E-state index contributed by atoms with van der Waals surface area (Å²) in [5.41, 5.74) is 0. The van der Waals surface area contributed by atoms with E-state index >= 15 is 0 Å². The SMILES string of the molecule is CCCCCCCCCCCc1n(CCCCC)cc[n+]1CCCCC. The van der Waals surface area contributed by atoms with Crippen LogP contribution in [0.15, 0.2) is 12.4 Å². The molecule has 0 aliphatic heterocycles. The minimum atomic E-state index is 1.21. The summed E-state index contributed by atoms with van der Waals surface area (Å²) < 4.78 is 5.10. The first-order valence-electron chi connectivity index (χ1n) is 11.9. The summed E-state index contributed by atoms with van der Waals surface area (Å²) in [4.78, 5) is 0. The molecule has 0 saturated carbocycles. The molecule has 1 aromatic heterocycles. The highest BCUT2D eigenvalue weighted by atomic mass is 15.1. The summed E-state index contributed by atoms with van der Waals surface area (Å²) in [6, 6.07) is 0. The Morgan fingerprint density at radius 3 is 1.85 bits per heavy atom. The van der Waals surface area contributed by atoms with E-state index in [-0.39, 0.29) is 0 Å². The molecule has 0 spiro atoms. The van der Waals surface area contributed by atoms with E-state index in [0.29, 0.717) is 0 Å². The van der Waals surface area contributed by atoms with Crippen molar-refractivity contribution in [3.05, 3.63) is 18.2 Å². The van der Waals surface area contributed by atoms with Crippen molar-refractivity contribution in [3.63, 3.8) is 0 Å². The van der Waals surface area contributed by atoms with Gasteiger partial charge in [0.25, 0.3) is 5.82 Å². The molecular formula is C24H47N2+. The fraction of sp³-hybridized carbons (Fsp3) is 0.875. The zero-order valence-electron chi connectivity index (χ0n) is 18.3. The van der Waals surface area contributed by atoms with Crippen molar-refractivity contribution in [1.82, 2.24) is 4.57 Å². The Labute approximate surface area is 164 Å². The van der Waals surface area contributed by atoms with E-state index in [1.165, 1.54) is 116 Å². The molecule has 0 bridgehead atoms. The van der Waals surface area contributed by atoms with Crippen LogP contribution in [0.1, 0.15) is 123 Å². The Balaban J connectivity index is 2.34. The lowest BCUT2D eigenvalue weighted by molar-refractivity contribution is -0.704. The molecule has 0 radical (unpaired) electrons. The van der Waals surface area contributed by atoms with E-state index < -0.39 is 0 Å². The second-order valence-electron chi connectivity index (χ2n) is 8.09. The van der Waals surface area contributed by atoms with Gasteiger partial charge in [-0.3, -0.25) is 0 Å². The molecule has 1 rings (SSSR count). The molecule has 2 heteroatoms. The predicted molar refractivity (Wildman–Crippen MR) is 115 cm³/mol. The second-order valence-corrected chi connectivity index (χ2v) is 8.09. The first-order chi connectivity index (χ1) is 12.8. The minimum Gasteiger partial charge on any atom is -0.234 e. The molecule has 2 nitrogen and oxygen atoms in total. The maximum absolute atomic E-state index is 2.55. The van der Waals surface area contributed by atoms with Gasteiger partial charge in [-0.05, 0) is 32.1 Å². The molecule has 152 valence electrons. The number of aromatic nitrogens is 2. The standard InChI is InChI=1S/C24H47N2/c1-4-7-10-11-12-13-14-15-16-19-24-25(20-17-8-5-2)22-23-26(24)21-18-9-6-3/h22-23H,4-21H2,1-3H3/q+1. The summed E-state index contributed by atoms with van der Waals surface area (Å²) in [6.45, 7) is 9.31. The molecule has 0 aromatic carbocycles. The van der Waals surface area contributed by atoms with Crippen LogP contribution in [-0.4, -0.2) is 4.57 Å². The number of unbranched alkanes of at least 4 members (excludes halogenated alkanes) is 12. The van der Waals surface area contributed by atoms with E-state index in [1.807, 2.05) is 0 Å². The molecule has 1 heterocycles. The summed E-state index contributed by atoms with van der Waals surface area (Å²) in [5, 5.41) is 0. The Hall–Kier alpha value is -0.790. The van der Waals surface area contributed by atoms with Gasteiger partial charge in [0.1, 0.15) is 12.4 Å². The molecule has 1 aromatic rings. The molecular weight excluding hydrogens is 316 g/mol. The quantitative estimate of drug-likeness (QED) is 0.192. The zero-order valence-corrected chi connectivity index (χ0v) is 18.3. The Morgan fingerprint density at radius 2 is 1.19 bits per heavy atom. The van der Waals surface area contributed by atoms with Crippen molar-refractivity contribution in [2.75, 3.05) is 0 Å².